The van der Waals surface area contributed by atoms with Crippen LogP contribution in [0.15, 0.2) is 0 Å². The number of carbonyl (C=O) groups excluding carboxylic acids is 2. The summed E-state index contributed by atoms with van der Waals surface area (Å²) in [4.78, 5) is 23.9. The first-order chi connectivity index (χ1) is 7.74. The van der Waals surface area contributed by atoms with Crippen LogP contribution in [-0.4, -0.2) is 36.5 Å². The fourth-order valence-corrected chi connectivity index (χ4v) is 1.74. The van der Waals surface area contributed by atoms with Gasteiger partial charge in [-0.25, -0.2) is 4.79 Å². The van der Waals surface area contributed by atoms with Gasteiger partial charge in [-0.2, -0.15) is 0 Å². The molecule has 1 amide bonds. The zero-order valence-corrected chi connectivity index (χ0v) is 10.0. The summed E-state index contributed by atoms with van der Waals surface area (Å²) >= 11 is 0. The van der Waals surface area contributed by atoms with Gasteiger partial charge in [0.2, 0.25) is 0 Å². The highest BCUT2D eigenvalue weighted by Crippen LogP contribution is 2.07. The zero-order valence-electron chi connectivity index (χ0n) is 10.0. The van der Waals surface area contributed by atoms with Crippen LogP contribution in [0.4, 0.5) is 4.79 Å². The Morgan fingerprint density at radius 1 is 1.31 bits per heavy atom. The molecule has 0 atom stereocenters. The number of unbranched alkanes of at least 4 members (excludes halogenated alkanes) is 4. The number of likely N-dealkylation sites (tertiary alicyclic amines) is 1. The maximum atomic E-state index is 11.4. The largest absolute Gasteiger partial charge is 0.449 e. The van der Waals surface area contributed by atoms with E-state index in [-0.39, 0.29) is 18.4 Å². The van der Waals surface area contributed by atoms with Crippen molar-refractivity contribution in [2.45, 2.75) is 45.4 Å². The van der Waals surface area contributed by atoms with Gasteiger partial charge in [0, 0.05) is 13.0 Å². The number of hydrogen-bond donors (Lipinski definition) is 0. The molecule has 0 unspecified atom stereocenters. The van der Waals surface area contributed by atoms with E-state index in [0.29, 0.717) is 19.6 Å². The van der Waals surface area contributed by atoms with Crippen LogP contribution in [0.5, 0.6) is 0 Å². The van der Waals surface area contributed by atoms with Crippen molar-refractivity contribution in [3.8, 4) is 0 Å². The number of ether oxygens (including phenoxy) is 1. The number of ketones is 1. The Kier molecular flexibility index (Phi) is 5.90. The van der Waals surface area contributed by atoms with Gasteiger partial charge in [0.1, 0.15) is 0 Å². The highest BCUT2D eigenvalue weighted by molar-refractivity contribution is 5.87. The van der Waals surface area contributed by atoms with Crippen LogP contribution >= 0.6 is 0 Å². The monoisotopic (exact) mass is 227 g/mol. The maximum Gasteiger partial charge on any atom is 0.410 e. The summed E-state index contributed by atoms with van der Waals surface area (Å²) in [5.74, 6) is 0.125. The third kappa shape index (κ3) is 4.64. The third-order valence-electron chi connectivity index (χ3n) is 2.76. The standard InChI is InChI=1S/C12H21NO3/c1-2-3-4-5-6-9-16-12(15)13-8-7-11(14)10-13/h2-10H2,1H3. The van der Waals surface area contributed by atoms with Crippen LogP contribution in [-0.2, 0) is 9.53 Å². The molecular weight excluding hydrogens is 206 g/mol. The van der Waals surface area contributed by atoms with Crippen LogP contribution in [0.2, 0.25) is 0 Å². The van der Waals surface area contributed by atoms with Gasteiger partial charge in [-0.1, -0.05) is 32.6 Å². The second-order valence-corrected chi connectivity index (χ2v) is 4.24. The van der Waals surface area contributed by atoms with Crippen LogP contribution < -0.4 is 0 Å². The molecule has 0 aromatic heterocycles. The Morgan fingerprint density at radius 3 is 2.69 bits per heavy atom. The Labute approximate surface area is 96.9 Å². The summed E-state index contributed by atoms with van der Waals surface area (Å²) in [5, 5.41) is 0. The summed E-state index contributed by atoms with van der Waals surface area (Å²) < 4.78 is 5.09. The highest BCUT2D eigenvalue weighted by Gasteiger charge is 2.24. The third-order valence-corrected chi connectivity index (χ3v) is 2.76. The van der Waals surface area contributed by atoms with Gasteiger partial charge in [-0.15, -0.1) is 0 Å². The van der Waals surface area contributed by atoms with Gasteiger partial charge in [0.25, 0.3) is 0 Å². The van der Waals surface area contributed by atoms with E-state index in [1.165, 1.54) is 24.2 Å². The molecule has 0 bridgehead atoms. The first-order valence-electron chi connectivity index (χ1n) is 6.17. The lowest BCUT2D eigenvalue weighted by atomic mass is 10.2. The van der Waals surface area contributed by atoms with Gasteiger partial charge in [0.15, 0.2) is 5.78 Å². The Morgan fingerprint density at radius 2 is 2.06 bits per heavy atom. The topological polar surface area (TPSA) is 46.6 Å². The van der Waals surface area contributed by atoms with Gasteiger partial charge >= 0.3 is 6.09 Å². The second-order valence-electron chi connectivity index (χ2n) is 4.24. The van der Waals surface area contributed by atoms with Crippen molar-refractivity contribution in [3.63, 3.8) is 0 Å². The average molecular weight is 227 g/mol. The summed E-state index contributed by atoms with van der Waals surface area (Å²) in [7, 11) is 0. The van der Waals surface area contributed by atoms with Gasteiger partial charge < -0.3 is 9.64 Å². The first-order valence-corrected chi connectivity index (χ1v) is 6.17. The normalized spacial score (nSPS) is 15.6. The Hall–Kier alpha value is -1.06. The molecule has 1 rings (SSSR count). The fourth-order valence-electron chi connectivity index (χ4n) is 1.74. The van der Waals surface area contributed by atoms with Crippen molar-refractivity contribution < 1.29 is 14.3 Å². The van der Waals surface area contributed by atoms with Crippen LogP contribution in [0.1, 0.15) is 45.4 Å². The average Bonchev–Trinajstić information content (AvgIpc) is 2.70. The summed E-state index contributed by atoms with van der Waals surface area (Å²) in [6.07, 6.45) is 5.85. The van der Waals surface area contributed by atoms with E-state index < -0.39 is 0 Å². The zero-order chi connectivity index (χ0) is 11.8. The quantitative estimate of drug-likeness (QED) is 0.654. The lowest BCUT2D eigenvalue weighted by Gasteiger charge is -2.13. The predicted molar refractivity (Wildman–Crippen MR) is 61.3 cm³/mol. The predicted octanol–water partition coefficient (Wildman–Crippen LogP) is 2.37. The SMILES string of the molecule is CCCCCCCOC(=O)N1CCC(=O)C1. The molecule has 0 aromatic carbocycles. The first kappa shape index (κ1) is 13.0. The van der Waals surface area contributed by atoms with Gasteiger partial charge in [-0.3, -0.25) is 4.79 Å². The van der Waals surface area contributed by atoms with E-state index in [1.54, 1.807) is 0 Å². The molecule has 0 N–H and O–H groups in total. The molecule has 4 heteroatoms. The van der Waals surface area contributed by atoms with Crippen molar-refractivity contribution in [3.05, 3.63) is 0 Å². The lowest BCUT2D eigenvalue weighted by molar-refractivity contribution is -0.116. The number of amides is 1. The lowest BCUT2D eigenvalue weighted by Crippen LogP contribution is -2.29. The molecule has 1 aliphatic heterocycles. The van der Waals surface area contributed by atoms with E-state index >= 15 is 0 Å². The molecule has 0 radical (unpaired) electrons. The van der Waals surface area contributed by atoms with E-state index in [1.807, 2.05) is 0 Å². The number of hydrogen-bond acceptors (Lipinski definition) is 3. The summed E-state index contributed by atoms with van der Waals surface area (Å²) in [6.45, 7) is 3.40. The van der Waals surface area contributed by atoms with Crippen LogP contribution in [0.25, 0.3) is 0 Å². The second kappa shape index (κ2) is 7.25. The molecule has 1 aliphatic rings. The molecule has 92 valence electrons. The van der Waals surface area contributed by atoms with Gasteiger partial charge in [-0.05, 0) is 6.42 Å². The van der Waals surface area contributed by atoms with E-state index in [2.05, 4.69) is 6.92 Å². The summed E-state index contributed by atoms with van der Waals surface area (Å²) in [5.41, 5.74) is 0. The smallest absolute Gasteiger partial charge is 0.410 e. The van der Waals surface area contributed by atoms with Crippen molar-refractivity contribution >= 4 is 11.9 Å². The van der Waals surface area contributed by atoms with E-state index in [0.717, 1.165) is 12.8 Å². The van der Waals surface area contributed by atoms with Crippen molar-refractivity contribution in [2.24, 2.45) is 0 Å². The summed E-state index contributed by atoms with van der Waals surface area (Å²) in [6, 6.07) is 0. The molecule has 1 saturated heterocycles. The van der Waals surface area contributed by atoms with Gasteiger partial charge in [0.05, 0.1) is 13.2 Å². The van der Waals surface area contributed by atoms with Crippen molar-refractivity contribution in [1.29, 1.82) is 0 Å². The number of nitrogens with zero attached hydrogens (tertiary/aromatic N) is 1. The Balaban J connectivity index is 2.00. The number of carbonyl (C=O) groups is 2. The van der Waals surface area contributed by atoms with Crippen LogP contribution in [0, 0.1) is 0 Å². The molecule has 0 aliphatic carbocycles. The Bertz CT molecular complexity index is 240. The highest BCUT2D eigenvalue weighted by atomic mass is 16.6. The molecule has 0 saturated carbocycles. The van der Waals surface area contributed by atoms with Crippen molar-refractivity contribution in [2.75, 3.05) is 19.7 Å². The molecule has 4 nitrogen and oxygen atoms in total. The molecular formula is C12H21NO3. The maximum absolute atomic E-state index is 11.4. The molecule has 0 aromatic rings. The number of rotatable bonds is 6. The number of Topliss-reactive ketones (excluding diaryl/α,β-unsaturated/α-hetero) is 1. The fraction of sp³-hybridized carbons (Fsp3) is 0.833. The molecule has 1 fully saturated rings. The molecule has 1 heterocycles. The molecule has 16 heavy (non-hydrogen) atoms. The van der Waals surface area contributed by atoms with E-state index in [4.69, 9.17) is 4.74 Å². The minimum atomic E-state index is -0.332. The minimum Gasteiger partial charge on any atom is -0.449 e. The molecule has 0 spiro atoms. The van der Waals surface area contributed by atoms with Crippen molar-refractivity contribution in [1.82, 2.24) is 4.90 Å². The minimum absolute atomic E-state index is 0.125. The van der Waals surface area contributed by atoms with E-state index in [9.17, 15) is 9.59 Å². The van der Waals surface area contributed by atoms with Crippen LogP contribution in [0.3, 0.4) is 0 Å².